The van der Waals surface area contributed by atoms with Crippen LogP contribution in [0, 0.1) is 0 Å². The van der Waals surface area contributed by atoms with Crippen molar-refractivity contribution in [3.63, 3.8) is 0 Å². The molecule has 100 valence electrons. The maximum Gasteiger partial charge on any atom is 0.465 e. The van der Waals surface area contributed by atoms with E-state index in [1.54, 1.807) is 0 Å². The van der Waals surface area contributed by atoms with Gasteiger partial charge in [0, 0.05) is 0 Å². The summed E-state index contributed by atoms with van der Waals surface area (Å²) in [5, 5.41) is 0. The Kier molecular flexibility index (Phi) is 3.69. The summed E-state index contributed by atoms with van der Waals surface area (Å²) in [5.74, 6) is -7.94. The van der Waals surface area contributed by atoms with Gasteiger partial charge in [-0.2, -0.15) is 22.0 Å². The van der Waals surface area contributed by atoms with Gasteiger partial charge in [-0.05, 0) is 32.6 Å². The molecule has 7 heteroatoms. The van der Waals surface area contributed by atoms with Crippen molar-refractivity contribution >= 4 is 5.97 Å². The number of esters is 1. The van der Waals surface area contributed by atoms with Crippen LogP contribution in [0.5, 0.6) is 0 Å². The molecule has 1 rings (SSSR count). The van der Waals surface area contributed by atoms with Gasteiger partial charge < -0.3 is 4.74 Å². The molecule has 2 nitrogen and oxygen atoms in total. The Morgan fingerprint density at radius 3 is 1.94 bits per heavy atom. The quantitative estimate of drug-likeness (QED) is 0.561. The standard InChI is InChI=1S/C10H13F5O2/c1-8(5-3-2-4-6-8)17-7(16)9(11,12)10(13,14)15/h2-6H2,1H3. The summed E-state index contributed by atoms with van der Waals surface area (Å²) < 4.78 is 65.4. The molecule has 1 aliphatic carbocycles. The number of rotatable bonds is 2. The van der Waals surface area contributed by atoms with E-state index in [9.17, 15) is 26.7 Å². The Morgan fingerprint density at radius 2 is 1.53 bits per heavy atom. The molecule has 17 heavy (non-hydrogen) atoms. The molecule has 0 aromatic carbocycles. The Labute approximate surface area is 95.1 Å². The van der Waals surface area contributed by atoms with Crippen molar-refractivity contribution in [1.82, 2.24) is 0 Å². The Morgan fingerprint density at radius 1 is 1.06 bits per heavy atom. The first-order valence-electron chi connectivity index (χ1n) is 5.26. The van der Waals surface area contributed by atoms with E-state index >= 15 is 0 Å². The van der Waals surface area contributed by atoms with Gasteiger partial charge in [0.2, 0.25) is 0 Å². The minimum atomic E-state index is -5.91. The largest absolute Gasteiger partial charge is 0.465 e. The van der Waals surface area contributed by atoms with Crippen LogP contribution in [0.2, 0.25) is 0 Å². The fourth-order valence-corrected chi connectivity index (χ4v) is 1.81. The lowest BCUT2D eigenvalue weighted by Crippen LogP contribution is -2.49. The highest BCUT2D eigenvalue weighted by Crippen LogP contribution is 2.39. The van der Waals surface area contributed by atoms with Gasteiger partial charge in [-0.3, -0.25) is 0 Å². The van der Waals surface area contributed by atoms with Crippen LogP contribution in [-0.4, -0.2) is 23.7 Å². The van der Waals surface area contributed by atoms with Crippen molar-refractivity contribution in [2.24, 2.45) is 0 Å². The zero-order valence-corrected chi connectivity index (χ0v) is 9.24. The number of halogens is 5. The first-order chi connectivity index (χ1) is 7.58. The van der Waals surface area contributed by atoms with Crippen LogP contribution < -0.4 is 0 Å². The molecule has 0 aromatic heterocycles. The molecular weight excluding hydrogens is 247 g/mol. The third-order valence-electron chi connectivity index (χ3n) is 2.86. The van der Waals surface area contributed by atoms with Crippen LogP contribution in [0.15, 0.2) is 0 Å². The van der Waals surface area contributed by atoms with E-state index in [1.165, 1.54) is 6.92 Å². The summed E-state index contributed by atoms with van der Waals surface area (Å²) in [6.07, 6.45) is -3.11. The molecule has 1 aliphatic rings. The lowest BCUT2D eigenvalue weighted by Gasteiger charge is -2.34. The minimum absolute atomic E-state index is 0.312. The van der Waals surface area contributed by atoms with Crippen LogP contribution in [0.4, 0.5) is 22.0 Å². The van der Waals surface area contributed by atoms with Crippen LogP contribution in [0.1, 0.15) is 39.0 Å². The molecule has 0 radical (unpaired) electrons. The summed E-state index contributed by atoms with van der Waals surface area (Å²) >= 11 is 0. The van der Waals surface area contributed by atoms with Crippen molar-refractivity contribution in [2.45, 2.75) is 56.7 Å². The zero-order valence-electron chi connectivity index (χ0n) is 9.24. The monoisotopic (exact) mass is 260 g/mol. The Bertz CT molecular complexity index is 292. The Hall–Kier alpha value is -0.880. The normalized spacial score (nSPS) is 21.1. The van der Waals surface area contributed by atoms with Gasteiger partial charge in [-0.15, -0.1) is 0 Å². The molecule has 1 saturated carbocycles. The number of carbonyl (C=O) groups is 1. The molecule has 0 aliphatic heterocycles. The lowest BCUT2D eigenvalue weighted by atomic mass is 9.86. The van der Waals surface area contributed by atoms with Crippen molar-refractivity contribution in [3.05, 3.63) is 0 Å². The highest BCUT2D eigenvalue weighted by Gasteiger charge is 2.65. The summed E-state index contributed by atoms with van der Waals surface area (Å²) in [4.78, 5) is 10.9. The third kappa shape index (κ3) is 3.07. The van der Waals surface area contributed by atoms with Crippen molar-refractivity contribution in [1.29, 1.82) is 0 Å². The van der Waals surface area contributed by atoms with Crippen molar-refractivity contribution < 1.29 is 31.5 Å². The van der Waals surface area contributed by atoms with Crippen molar-refractivity contribution in [2.75, 3.05) is 0 Å². The smallest absolute Gasteiger partial charge is 0.455 e. The van der Waals surface area contributed by atoms with E-state index in [0.717, 1.165) is 6.42 Å². The van der Waals surface area contributed by atoms with Gasteiger partial charge in [0.05, 0.1) is 0 Å². The predicted molar refractivity (Wildman–Crippen MR) is 48.6 cm³/mol. The number of hydrogen-bond acceptors (Lipinski definition) is 2. The SMILES string of the molecule is CC1(OC(=O)C(F)(F)C(F)(F)F)CCCCC1. The van der Waals surface area contributed by atoms with Crippen LogP contribution in [-0.2, 0) is 9.53 Å². The maximum atomic E-state index is 12.6. The summed E-state index contributed by atoms with van der Waals surface area (Å²) in [5.41, 5.74) is -1.20. The van der Waals surface area contributed by atoms with Gasteiger partial charge in [0.15, 0.2) is 0 Å². The van der Waals surface area contributed by atoms with Crippen LogP contribution in [0.3, 0.4) is 0 Å². The maximum absolute atomic E-state index is 12.6. The average Bonchev–Trinajstić information content (AvgIpc) is 2.16. The molecule has 0 saturated heterocycles. The van der Waals surface area contributed by atoms with E-state index in [1.807, 2.05) is 0 Å². The molecule has 0 N–H and O–H groups in total. The Balaban J connectivity index is 2.71. The van der Waals surface area contributed by atoms with E-state index in [-0.39, 0.29) is 0 Å². The fourth-order valence-electron chi connectivity index (χ4n) is 1.81. The molecule has 0 unspecified atom stereocenters. The van der Waals surface area contributed by atoms with Crippen LogP contribution >= 0.6 is 0 Å². The minimum Gasteiger partial charge on any atom is -0.455 e. The molecular formula is C10H13F5O2. The number of ether oxygens (including phenoxy) is 1. The van der Waals surface area contributed by atoms with E-state index < -0.39 is 23.7 Å². The summed E-state index contributed by atoms with van der Waals surface area (Å²) in [7, 11) is 0. The van der Waals surface area contributed by atoms with Gasteiger partial charge in [0.25, 0.3) is 0 Å². The lowest BCUT2D eigenvalue weighted by molar-refractivity contribution is -0.285. The first kappa shape index (κ1) is 14.2. The van der Waals surface area contributed by atoms with E-state index in [0.29, 0.717) is 25.7 Å². The summed E-state index contributed by atoms with van der Waals surface area (Å²) in [6, 6.07) is 0. The molecule has 0 heterocycles. The number of carbonyl (C=O) groups excluding carboxylic acids is 1. The van der Waals surface area contributed by atoms with Crippen LogP contribution in [0.25, 0.3) is 0 Å². The molecule has 0 bridgehead atoms. The fraction of sp³-hybridized carbons (Fsp3) is 0.900. The van der Waals surface area contributed by atoms with E-state index in [4.69, 9.17) is 0 Å². The highest BCUT2D eigenvalue weighted by atomic mass is 19.4. The number of alkyl halides is 5. The van der Waals surface area contributed by atoms with E-state index in [2.05, 4.69) is 4.74 Å². The van der Waals surface area contributed by atoms with Gasteiger partial charge >= 0.3 is 18.1 Å². The second kappa shape index (κ2) is 4.42. The molecule has 0 atom stereocenters. The summed E-state index contributed by atoms with van der Waals surface area (Å²) in [6.45, 7) is 1.39. The topological polar surface area (TPSA) is 26.3 Å². The van der Waals surface area contributed by atoms with Gasteiger partial charge in [-0.1, -0.05) is 6.42 Å². The highest BCUT2D eigenvalue weighted by molar-refractivity contribution is 5.79. The second-order valence-corrected chi connectivity index (χ2v) is 4.47. The molecule has 0 spiro atoms. The number of hydrogen-bond donors (Lipinski definition) is 0. The molecule has 0 amide bonds. The average molecular weight is 260 g/mol. The zero-order chi connectivity index (χ0) is 13.3. The van der Waals surface area contributed by atoms with Crippen molar-refractivity contribution in [3.8, 4) is 0 Å². The third-order valence-corrected chi connectivity index (χ3v) is 2.86. The van der Waals surface area contributed by atoms with Gasteiger partial charge in [0.1, 0.15) is 5.60 Å². The molecule has 0 aromatic rings. The first-order valence-corrected chi connectivity index (χ1v) is 5.26. The molecule has 1 fully saturated rings. The second-order valence-electron chi connectivity index (χ2n) is 4.47. The van der Waals surface area contributed by atoms with Gasteiger partial charge in [-0.25, -0.2) is 4.79 Å². The predicted octanol–water partition coefficient (Wildman–Crippen LogP) is 3.45.